The van der Waals surface area contributed by atoms with Crippen molar-refractivity contribution < 1.29 is 112 Å². The van der Waals surface area contributed by atoms with Crippen molar-refractivity contribution in [2.45, 2.75) is 116 Å². The van der Waals surface area contributed by atoms with Crippen LogP contribution in [0.1, 0.15) is 96.1 Å². The molecule has 12 N–H and O–H groups in total. The highest BCUT2D eigenvalue weighted by Gasteiger charge is 2.47. The lowest BCUT2D eigenvalue weighted by atomic mass is 9.79. The quantitative estimate of drug-likeness (QED) is 0.00809. The minimum absolute atomic E-state index is 0.00266. The third kappa shape index (κ3) is 15.3. The molecule has 6 aromatic rings. The van der Waals surface area contributed by atoms with E-state index in [1.807, 2.05) is 50.2 Å². The molecular weight excluding hydrogens is 1380 g/mol. The molecule has 39 heteroatoms. The van der Waals surface area contributed by atoms with Crippen LogP contribution in [-0.2, 0) is 87.7 Å². The zero-order valence-electron chi connectivity index (χ0n) is 50.2. The van der Waals surface area contributed by atoms with Gasteiger partial charge in [-0.05, 0) is 105 Å². The first-order chi connectivity index (χ1) is 43.4. The standard InChI is InChI=1S/C55H62N7O25P3S4/c1-6-60-40-21-19-36-38(26-34(91(72,73)74)28-42(36)93(78,79)80)49(40)54(2,3)44(60)15-9-7-10-16-45-55(4,5)50-39-27-35(92(75,76)77)29-43(94(81,82)83)37(39)20-22-41(50)61(45)25-12-8-11-17-46(63)57-24-13-14-32-30-62(51-48(32)52(64)59-53(56)58-51)47-23-18-33(85-47)31-84-89(68,69)87-90(70,71)86-88(65,66)67/h7,9-10,15-16,19-22,26-30,33,47H,6,8,11-12,17-18,23-25,31H2,1-5H3,(H11-,56,57,58,59,63,64,65,66,67,68,69,70,71,72,73,74,75,76,77,78,79,80,81,82,83)/p+1. The van der Waals surface area contributed by atoms with E-state index in [0.29, 0.717) is 78.4 Å². The molecule has 0 aliphatic carbocycles. The van der Waals surface area contributed by atoms with Crippen molar-refractivity contribution >= 4 is 125 Å². The first-order valence-corrected chi connectivity index (χ1v) is 38.4. The summed E-state index contributed by atoms with van der Waals surface area (Å²) in [6.07, 6.45) is 10.1. The Balaban J connectivity index is 0.914. The van der Waals surface area contributed by atoms with E-state index in [-0.39, 0.29) is 75.8 Å². The van der Waals surface area contributed by atoms with Gasteiger partial charge in [0, 0.05) is 70.9 Å². The topological polar surface area (TPSA) is 499 Å². The summed E-state index contributed by atoms with van der Waals surface area (Å²) in [6, 6.07) is 9.79. The average molecular weight is 1440 g/mol. The number of H-pyrrole nitrogens is 1. The molecule has 0 spiro atoms. The van der Waals surface area contributed by atoms with Gasteiger partial charge in [-0.3, -0.25) is 37.3 Å². The van der Waals surface area contributed by atoms with Gasteiger partial charge < -0.3 is 44.8 Å². The first kappa shape index (κ1) is 71.6. The zero-order valence-corrected chi connectivity index (χ0v) is 56.1. The lowest BCUT2D eigenvalue weighted by molar-refractivity contribution is -0.438. The summed E-state index contributed by atoms with van der Waals surface area (Å²) in [5.41, 5.74) is 6.88. The van der Waals surface area contributed by atoms with Crippen LogP contribution in [0.3, 0.4) is 0 Å². The van der Waals surface area contributed by atoms with Crippen LogP contribution in [0.15, 0.2) is 115 Å². The van der Waals surface area contributed by atoms with Crippen LogP contribution in [0.4, 0.5) is 17.3 Å². The minimum Gasteiger partial charge on any atom is -0.369 e. The van der Waals surface area contributed by atoms with Gasteiger partial charge in [0.25, 0.3) is 46.0 Å². The van der Waals surface area contributed by atoms with Crippen LogP contribution in [0.2, 0.25) is 0 Å². The normalized spacial score (nSPS) is 19.3. The number of benzene rings is 4. The number of rotatable bonds is 23. The number of aromatic amines is 1. The molecule has 506 valence electrons. The van der Waals surface area contributed by atoms with E-state index in [2.05, 4.69) is 35.7 Å². The molecular formula is C55H63N7O25P3S4+. The van der Waals surface area contributed by atoms with Crippen molar-refractivity contribution in [1.82, 2.24) is 19.9 Å². The summed E-state index contributed by atoms with van der Waals surface area (Å²) in [5.74, 6) is 5.01. The van der Waals surface area contributed by atoms with Gasteiger partial charge in [0.2, 0.25) is 17.5 Å². The van der Waals surface area contributed by atoms with Gasteiger partial charge in [0.1, 0.15) is 22.6 Å². The van der Waals surface area contributed by atoms with E-state index in [1.165, 1.54) is 22.9 Å². The number of hydrogen-bond donors (Lipinski definition) is 11. The highest BCUT2D eigenvalue weighted by Crippen LogP contribution is 2.66. The number of unbranched alkanes of at least 4 members (excludes halogenated alkanes) is 2. The largest absolute Gasteiger partial charge is 0.490 e. The molecule has 1 amide bonds. The molecule has 5 heterocycles. The number of fused-ring (bicyclic) bond motifs is 7. The second-order valence-corrected chi connectivity index (χ2v) is 32.9. The Kier molecular flexibility index (Phi) is 19.9. The van der Waals surface area contributed by atoms with E-state index in [9.17, 15) is 85.0 Å². The molecule has 4 atom stereocenters. The van der Waals surface area contributed by atoms with E-state index < -0.39 is 119 Å². The van der Waals surface area contributed by atoms with Crippen molar-refractivity contribution in [3.63, 3.8) is 0 Å². The molecule has 4 unspecified atom stereocenters. The number of hydrogen-bond acceptors (Lipinski definition) is 20. The molecule has 32 nitrogen and oxygen atoms in total. The maximum Gasteiger partial charge on any atom is 0.490 e. The average Bonchev–Trinajstić information content (AvgIpc) is 1.52. The number of allylic oxidation sites excluding steroid dienone is 6. The number of phosphoric acid groups is 3. The molecule has 1 saturated heterocycles. The first-order valence-electron chi connectivity index (χ1n) is 28.1. The maximum absolute atomic E-state index is 13.2. The molecule has 0 radical (unpaired) electrons. The van der Waals surface area contributed by atoms with Crippen LogP contribution in [0.25, 0.3) is 32.6 Å². The monoisotopic (exact) mass is 1440 g/mol. The van der Waals surface area contributed by atoms with Gasteiger partial charge in [-0.1, -0.05) is 50.0 Å². The lowest BCUT2D eigenvalue weighted by Crippen LogP contribution is -2.28. The summed E-state index contributed by atoms with van der Waals surface area (Å²) < 4.78 is 198. The second kappa shape index (κ2) is 26.1. The molecule has 94 heavy (non-hydrogen) atoms. The van der Waals surface area contributed by atoms with Crippen molar-refractivity contribution in [3.05, 3.63) is 118 Å². The summed E-state index contributed by atoms with van der Waals surface area (Å²) in [5, 5.41) is 2.99. The number of nitrogen functional groups attached to an aromatic ring is 1. The molecule has 3 aliphatic heterocycles. The van der Waals surface area contributed by atoms with Crippen LogP contribution in [0.5, 0.6) is 0 Å². The number of aromatic nitrogens is 3. The Morgan fingerprint density at radius 2 is 1.41 bits per heavy atom. The van der Waals surface area contributed by atoms with Gasteiger partial charge >= 0.3 is 23.5 Å². The van der Waals surface area contributed by atoms with Gasteiger partial charge in [-0.2, -0.15) is 51.9 Å². The summed E-state index contributed by atoms with van der Waals surface area (Å²) in [6.45, 7) is 9.02. The minimum atomic E-state index is -5.77. The van der Waals surface area contributed by atoms with Crippen LogP contribution in [-0.4, -0.2) is 135 Å². The van der Waals surface area contributed by atoms with Crippen LogP contribution >= 0.6 is 23.5 Å². The predicted octanol–water partition coefficient (Wildman–Crippen LogP) is 6.54. The molecule has 3 aliphatic rings. The number of phosphoric ester groups is 1. The highest BCUT2D eigenvalue weighted by molar-refractivity contribution is 7.87. The Morgan fingerprint density at radius 3 is 2.01 bits per heavy atom. The van der Waals surface area contributed by atoms with Gasteiger partial charge in [0.05, 0.1) is 45.4 Å². The van der Waals surface area contributed by atoms with Gasteiger partial charge in [-0.25, -0.2) is 13.7 Å². The molecule has 9 rings (SSSR count). The number of carbonyl (C=O) groups excluding carboxylic acids is 1. The predicted molar refractivity (Wildman–Crippen MR) is 338 cm³/mol. The number of nitrogens with zero attached hydrogens (tertiary/aromatic N) is 4. The lowest BCUT2D eigenvalue weighted by Gasteiger charge is -2.26. The number of nitrogens with two attached hydrogens (primary N) is 1. The number of carbonyl (C=O) groups is 1. The molecule has 0 bridgehead atoms. The zero-order chi connectivity index (χ0) is 69.3. The third-order valence-corrected chi connectivity index (χ3v) is 23.1. The van der Waals surface area contributed by atoms with Gasteiger partial charge in [-0.15, -0.1) is 0 Å². The van der Waals surface area contributed by atoms with E-state index in [1.54, 1.807) is 36.4 Å². The van der Waals surface area contributed by atoms with E-state index in [4.69, 9.17) is 24.8 Å². The SMILES string of the molecule is CCN1/C(=C/C=C/C=C/C2=[N+](CCCCCC(=O)NCC#Cc3cn(C4CCC(COP(=O)(O)OP(=O)(O)OP(=O)(O)O)O4)c4nc(N)[nH]c(=O)c34)c3ccc4c(S(=O)(=O)O)cc(S(=O)(=O)O)cc4c3C2(C)C)C(C)(C)c2c1ccc1c(S(=O)(=O)O)cc(S(=O)(=O)O)cc21. The smallest absolute Gasteiger partial charge is 0.369 e. The Bertz CT molecular complexity index is 5070. The Hall–Kier alpha value is -6.65. The van der Waals surface area contributed by atoms with Crippen LogP contribution < -0.4 is 21.5 Å². The Morgan fingerprint density at radius 1 is 0.798 bits per heavy atom. The van der Waals surface area contributed by atoms with Crippen molar-refractivity contribution in [3.8, 4) is 11.8 Å². The van der Waals surface area contributed by atoms with Crippen molar-refractivity contribution in [1.29, 1.82) is 0 Å². The fourth-order valence-electron chi connectivity index (χ4n) is 12.0. The number of nitrogens with one attached hydrogen (secondary N) is 2. The fourth-order valence-corrected chi connectivity index (χ4v) is 17.8. The summed E-state index contributed by atoms with van der Waals surface area (Å²) in [4.78, 5) is 68.8. The molecule has 4 aromatic carbocycles. The van der Waals surface area contributed by atoms with Crippen molar-refractivity contribution in [2.24, 2.45) is 0 Å². The molecule has 2 aromatic heterocycles. The highest BCUT2D eigenvalue weighted by atomic mass is 32.2. The third-order valence-electron chi connectivity index (χ3n) is 15.8. The fraction of sp³-hybridized carbons (Fsp3) is 0.345. The second-order valence-electron chi connectivity index (χ2n) is 22.8. The molecule has 1 fully saturated rings. The van der Waals surface area contributed by atoms with E-state index in [0.717, 1.165) is 12.1 Å². The summed E-state index contributed by atoms with van der Waals surface area (Å²) in [7, 11) is -36.8. The van der Waals surface area contributed by atoms with E-state index >= 15 is 0 Å². The number of ether oxygens (including phenoxy) is 1. The number of likely N-dealkylation sites (N-methyl/N-ethyl adjacent to an activating group) is 1. The Labute approximate surface area is 537 Å². The van der Waals surface area contributed by atoms with Crippen molar-refractivity contribution in [2.75, 3.05) is 36.9 Å². The van der Waals surface area contributed by atoms with Gasteiger partial charge in [0.15, 0.2) is 11.4 Å². The number of anilines is 2. The summed E-state index contributed by atoms with van der Waals surface area (Å²) >= 11 is 0. The maximum atomic E-state index is 13.2. The number of amides is 1. The van der Waals surface area contributed by atoms with Crippen LogP contribution in [0, 0.1) is 11.8 Å². The molecule has 0 saturated carbocycles.